The van der Waals surface area contributed by atoms with Crippen molar-refractivity contribution in [3.63, 3.8) is 0 Å². The van der Waals surface area contributed by atoms with Crippen molar-refractivity contribution in [3.05, 3.63) is 77.1 Å². The van der Waals surface area contributed by atoms with Gasteiger partial charge in [0.15, 0.2) is 17.3 Å². The van der Waals surface area contributed by atoms with Crippen LogP contribution in [0.2, 0.25) is 5.02 Å². The minimum Gasteiger partial charge on any atom is -0.464 e. The lowest BCUT2D eigenvalue weighted by atomic mass is 10.3. The quantitative estimate of drug-likeness (QED) is 0.398. The lowest BCUT2D eigenvalue weighted by Crippen LogP contribution is -2.04. The number of nitrogen functional groups attached to an aromatic ring is 1. The molecule has 8 nitrogen and oxygen atoms in total. The van der Waals surface area contributed by atoms with Gasteiger partial charge in [-0.3, -0.25) is 0 Å². The molecule has 3 aromatic rings. The van der Waals surface area contributed by atoms with Crippen LogP contribution in [-0.4, -0.2) is 36.1 Å². The van der Waals surface area contributed by atoms with Crippen molar-refractivity contribution >= 4 is 54.0 Å². The molecule has 3 rings (SSSR count). The first-order valence-electron chi connectivity index (χ1n) is 8.31. The zero-order chi connectivity index (χ0) is 22.1. The predicted molar refractivity (Wildman–Crippen MR) is 122 cm³/mol. The van der Waals surface area contributed by atoms with Crippen LogP contribution in [0.15, 0.2) is 54.9 Å². The van der Waals surface area contributed by atoms with E-state index in [2.05, 4.69) is 19.4 Å². The molecule has 2 N–H and O–H groups in total. The van der Waals surface area contributed by atoms with Gasteiger partial charge in [-0.05, 0) is 30.3 Å². The highest BCUT2D eigenvalue weighted by atomic mass is 35.5. The Hall–Kier alpha value is -3.14. The van der Waals surface area contributed by atoms with Crippen LogP contribution in [0.1, 0.15) is 21.0 Å². The van der Waals surface area contributed by atoms with E-state index in [0.717, 1.165) is 6.07 Å². The Labute approximate surface area is 200 Å². The van der Waals surface area contributed by atoms with Gasteiger partial charge < -0.3 is 19.9 Å². The Balaban J connectivity index is 0.000000639. The molecule has 0 saturated carbocycles. The summed E-state index contributed by atoms with van der Waals surface area (Å²) in [5.41, 5.74) is 6.04. The molecule has 0 saturated heterocycles. The van der Waals surface area contributed by atoms with E-state index in [-0.39, 0.29) is 47.7 Å². The molecule has 1 aromatic carbocycles. The zero-order valence-corrected chi connectivity index (χ0v) is 19.2. The fourth-order valence-electron chi connectivity index (χ4n) is 2.04. The third-order valence-corrected chi connectivity index (χ3v) is 3.66. The number of nitrogens with zero attached hydrogens (tertiary/aromatic N) is 2. The fraction of sp³-hybridized carbons (Fsp3) is 0.100. The van der Waals surface area contributed by atoms with Crippen molar-refractivity contribution < 1.29 is 28.2 Å². The maximum atomic E-state index is 13.5. The van der Waals surface area contributed by atoms with Crippen LogP contribution in [0, 0.1) is 5.82 Å². The number of anilines is 1. The lowest BCUT2D eigenvalue weighted by Gasteiger charge is -2.07. The molecule has 32 heavy (non-hydrogen) atoms. The summed E-state index contributed by atoms with van der Waals surface area (Å²) >= 11 is 5.60. The van der Waals surface area contributed by atoms with E-state index in [4.69, 9.17) is 22.1 Å². The monoisotopic (exact) mass is 505 g/mol. The Morgan fingerprint density at radius 2 is 1.47 bits per heavy atom. The molecular weight excluding hydrogens is 488 g/mol. The highest BCUT2D eigenvalue weighted by molar-refractivity contribution is 6.30. The largest absolute Gasteiger partial charge is 0.464 e. The fourth-order valence-corrected chi connectivity index (χ4v) is 2.20. The molecule has 0 amide bonds. The number of carbonyl (C=O) groups excluding carboxylic acids is 2. The molecule has 0 bridgehead atoms. The Kier molecular flexibility index (Phi) is 12.6. The van der Waals surface area contributed by atoms with E-state index in [0.29, 0.717) is 10.7 Å². The highest BCUT2D eigenvalue weighted by Gasteiger charge is 2.10. The van der Waals surface area contributed by atoms with Crippen LogP contribution < -0.4 is 10.5 Å². The molecule has 0 aliphatic rings. The summed E-state index contributed by atoms with van der Waals surface area (Å²) < 4.78 is 27.8. The van der Waals surface area contributed by atoms with Gasteiger partial charge in [0.1, 0.15) is 11.4 Å². The number of ether oxygens (including phenoxy) is 3. The average Bonchev–Trinajstić information content (AvgIpc) is 2.75. The maximum absolute atomic E-state index is 13.5. The number of hydrogen-bond donors (Lipinski definition) is 1. The van der Waals surface area contributed by atoms with Crippen LogP contribution in [0.4, 0.5) is 10.1 Å². The molecule has 172 valence electrons. The second-order valence-corrected chi connectivity index (χ2v) is 5.95. The van der Waals surface area contributed by atoms with Crippen LogP contribution in [0.5, 0.6) is 11.5 Å². The molecule has 2 aromatic heterocycles. The van der Waals surface area contributed by atoms with E-state index in [1.54, 1.807) is 6.07 Å². The van der Waals surface area contributed by atoms with E-state index in [1.165, 1.54) is 56.9 Å². The molecule has 0 spiro atoms. The predicted octanol–water partition coefficient (Wildman–Crippen LogP) is 4.75. The Morgan fingerprint density at radius 3 is 2.00 bits per heavy atom. The summed E-state index contributed by atoms with van der Waals surface area (Å²) in [5, 5.41) is 0.473. The SMILES string of the molecule is COC(=O)c1cc(Cl)ccn1.COC(=O)c1cc(Oc2ccc(N)cc2F)ccn1.Cl.Cl. The number of methoxy groups -OCH3 is 2. The van der Waals surface area contributed by atoms with Gasteiger partial charge >= 0.3 is 11.9 Å². The molecule has 0 aliphatic heterocycles. The van der Waals surface area contributed by atoms with Crippen molar-refractivity contribution in [1.29, 1.82) is 0 Å². The van der Waals surface area contributed by atoms with Gasteiger partial charge in [0.2, 0.25) is 0 Å². The van der Waals surface area contributed by atoms with Crippen LogP contribution >= 0.6 is 36.4 Å². The van der Waals surface area contributed by atoms with Gasteiger partial charge in [0.25, 0.3) is 0 Å². The van der Waals surface area contributed by atoms with Crippen molar-refractivity contribution in [2.75, 3.05) is 20.0 Å². The second kappa shape index (κ2) is 14.0. The van der Waals surface area contributed by atoms with E-state index < -0.39 is 17.8 Å². The van der Waals surface area contributed by atoms with Crippen LogP contribution in [-0.2, 0) is 9.47 Å². The summed E-state index contributed by atoms with van der Waals surface area (Å²) in [6, 6.07) is 9.98. The number of hydrogen-bond acceptors (Lipinski definition) is 8. The van der Waals surface area contributed by atoms with Gasteiger partial charge in [-0.25, -0.2) is 23.9 Å². The minimum atomic E-state index is -0.594. The first-order chi connectivity index (χ1) is 14.3. The van der Waals surface area contributed by atoms with Crippen molar-refractivity contribution in [2.45, 2.75) is 0 Å². The lowest BCUT2D eigenvalue weighted by molar-refractivity contribution is 0.0585. The summed E-state index contributed by atoms with van der Waals surface area (Å²) in [5.74, 6) is -1.37. The van der Waals surface area contributed by atoms with Gasteiger partial charge in [-0.15, -0.1) is 24.8 Å². The molecule has 2 heterocycles. The van der Waals surface area contributed by atoms with Gasteiger partial charge in [-0.2, -0.15) is 0 Å². The molecule has 0 aliphatic carbocycles. The summed E-state index contributed by atoms with van der Waals surface area (Å²) in [6.07, 6.45) is 2.82. The molecule has 0 radical (unpaired) electrons. The van der Waals surface area contributed by atoms with Crippen LogP contribution in [0.3, 0.4) is 0 Å². The molecular formula is C20H19Cl3FN3O5. The second-order valence-electron chi connectivity index (χ2n) is 5.51. The summed E-state index contributed by atoms with van der Waals surface area (Å²) in [6.45, 7) is 0. The molecule has 0 unspecified atom stereocenters. The number of carbonyl (C=O) groups is 2. The number of pyridine rings is 2. The van der Waals surface area contributed by atoms with Gasteiger partial charge in [0, 0.05) is 35.2 Å². The van der Waals surface area contributed by atoms with E-state index >= 15 is 0 Å². The van der Waals surface area contributed by atoms with E-state index in [1.807, 2.05) is 0 Å². The summed E-state index contributed by atoms with van der Waals surface area (Å²) in [4.78, 5) is 29.7. The molecule has 12 heteroatoms. The summed E-state index contributed by atoms with van der Waals surface area (Å²) in [7, 11) is 2.54. The maximum Gasteiger partial charge on any atom is 0.356 e. The van der Waals surface area contributed by atoms with Crippen LogP contribution in [0.25, 0.3) is 0 Å². The number of rotatable bonds is 4. The smallest absolute Gasteiger partial charge is 0.356 e. The van der Waals surface area contributed by atoms with Crippen molar-refractivity contribution in [2.24, 2.45) is 0 Å². The van der Waals surface area contributed by atoms with Crippen molar-refractivity contribution in [1.82, 2.24) is 9.97 Å². The number of halogens is 4. The van der Waals surface area contributed by atoms with Gasteiger partial charge in [0.05, 0.1) is 14.2 Å². The number of aromatic nitrogens is 2. The van der Waals surface area contributed by atoms with E-state index in [9.17, 15) is 14.0 Å². The third kappa shape index (κ3) is 8.54. The van der Waals surface area contributed by atoms with Gasteiger partial charge in [-0.1, -0.05) is 11.6 Å². The Morgan fingerprint density at radius 1 is 0.906 bits per heavy atom. The highest BCUT2D eigenvalue weighted by Crippen LogP contribution is 2.26. The van der Waals surface area contributed by atoms with Crippen molar-refractivity contribution in [3.8, 4) is 11.5 Å². The normalized spacial score (nSPS) is 9.12. The number of nitrogens with two attached hydrogens (primary N) is 1. The zero-order valence-electron chi connectivity index (χ0n) is 16.8. The number of esters is 2. The minimum absolute atomic E-state index is 0. The average molecular weight is 507 g/mol. The number of benzene rings is 1. The Bertz CT molecular complexity index is 1060. The molecule has 0 fully saturated rings. The third-order valence-electron chi connectivity index (χ3n) is 3.43. The first kappa shape index (κ1) is 28.9. The standard InChI is InChI=1S/C13H11FN2O3.C7H6ClNO2.2ClH/c1-18-13(17)11-7-9(4-5-16-11)19-12-3-2-8(15)6-10(12)14;1-11-7(10)6-4-5(8)2-3-9-6;;/h2-7H,15H2,1H3;2-4H,1H3;2*1H. The first-order valence-corrected chi connectivity index (χ1v) is 8.69. The topological polar surface area (TPSA) is 114 Å². The molecule has 0 atom stereocenters.